The molecule has 146 valence electrons. The van der Waals surface area contributed by atoms with Crippen LogP contribution in [0.3, 0.4) is 0 Å². The van der Waals surface area contributed by atoms with E-state index in [-0.39, 0.29) is 11.4 Å². The quantitative estimate of drug-likeness (QED) is 0.507. The van der Waals surface area contributed by atoms with Gasteiger partial charge in [-0.05, 0) is 49.1 Å². The molecule has 4 rings (SSSR count). The Bertz CT molecular complexity index is 1120. The van der Waals surface area contributed by atoms with Crippen molar-refractivity contribution in [3.63, 3.8) is 0 Å². The van der Waals surface area contributed by atoms with Gasteiger partial charge in [-0.3, -0.25) is 4.79 Å². The number of benzene rings is 1. The maximum atomic E-state index is 14.3. The fourth-order valence-electron chi connectivity index (χ4n) is 2.81. The van der Waals surface area contributed by atoms with Gasteiger partial charge in [0.05, 0.1) is 5.69 Å². The Morgan fingerprint density at radius 1 is 1.34 bits per heavy atom. The van der Waals surface area contributed by atoms with Gasteiger partial charge in [0.15, 0.2) is 10.8 Å². The molecule has 9 heteroatoms. The third-order valence-electron chi connectivity index (χ3n) is 4.69. The Morgan fingerprint density at radius 2 is 2.21 bits per heavy atom. The number of aromatic amines is 1. The molecule has 1 saturated carbocycles. The third-order valence-corrected chi connectivity index (χ3v) is 5.46. The summed E-state index contributed by atoms with van der Waals surface area (Å²) in [6.07, 6.45) is 3.68. The second kappa shape index (κ2) is 8.32. The first kappa shape index (κ1) is 19.0. The number of amides is 1. The van der Waals surface area contributed by atoms with Crippen LogP contribution in [0.4, 0.5) is 10.1 Å². The summed E-state index contributed by atoms with van der Waals surface area (Å²) in [7, 11) is 0. The van der Waals surface area contributed by atoms with Gasteiger partial charge in [-0.1, -0.05) is 18.4 Å². The van der Waals surface area contributed by atoms with Crippen LogP contribution in [0.25, 0.3) is 5.57 Å². The highest BCUT2D eigenvalue weighted by atomic mass is 32.1. The van der Waals surface area contributed by atoms with Crippen LogP contribution in [-0.2, 0) is 4.79 Å². The molecule has 0 unspecified atom stereocenters. The van der Waals surface area contributed by atoms with Crippen LogP contribution in [0, 0.1) is 11.8 Å². The Balaban J connectivity index is 1.46. The summed E-state index contributed by atoms with van der Waals surface area (Å²) in [5.41, 5.74) is 2.26. The van der Waals surface area contributed by atoms with Gasteiger partial charge in [-0.15, -0.1) is 21.5 Å². The zero-order valence-corrected chi connectivity index (χ0v) is 16.4. The molecule has 7 nitrogen and oxygen atoms in total. The Kier molecular flexibility index (Phi) is 5.44. The minimum Gasteiger partial charge on any atom is -0.320 e. The number of aromatic nitrogens is 5. The maximum absolute atomic E-state index is 14.3. The largest absolute Gasteiger partial charge is 0.320 e. The van der Waals surface area contributed by atoms with Gasteiger partial charge in [-0.2, -0.15) is 5.21 Å². The van der Waals surface area contributed by atoms with Gasteiger partial charge < -0.3 is 5.32 Å². The summed E-state index contributed by atoms with van der Waals surface area (Å²) in [6, 6.07) is 6.91. The Morgan fingerprint density at radius 3 is 2.93 bits per heavy atom. The second-order valence-electron chi connectivity index (χ2n) is 6.66. The number of halogens is 1. The average Bonchev–Trinajstić information content (AvgIpc) is 3.36. The monoisotopic (exact) mass is 408 g/mol. The lowest BCUT2D eigenvalue weighted by Crippen LogP contribution is -2.13. The number of H-pyrrole nitrogens is 1. The number of rotatable bonds is 4. The molecule has 0 bridgehead atoms. The SMILES string of the molecule is C/C(=C(\F)C(=O)Nc1cccc(C#Cc2nc(C3CCC3)cs2)c1)c1nn[nH]n1. The molecule has 0 spiro atoms. The number of anilines is 1. The first-order valence-electron chi connectivity index (χ1n) is 9.09. The third kappa shape index (κ3) is 4.38. The molecule has 3 aromatic rings. The van der Waals surface area contributed by atoms with Gasteiger partial charge in [-0.25, -0.2) is 9.37 Å². The Labute approximate surface area is 170 Å². The molecule has 0 radical (unpaired) electrons. The lowest BCUT2D eigenvalue weighted by atomic mass is 9.83. The van der Waals surface area contributed by atoms with Gasteiger partial charge in [0.25, 0.3) is 5.91 Å². The van der Waals surface area contributed by atoms with E-state index >= 15 is 0 Å². The minimum absolute atomic E-state index is 0.00164. The van der Waals surface area contributed by atoms with E-state index < -0.39 is 11.7 Å². The average molecular weight is 408 g/mol. The lowest BCUT2D eigenvalue weighted by molar-refractivity contribution is -0.114. The predicted octanol–water partition coefficient (Wildman–Crippen LogP) is 3.66. The molecule has 1 aliphatic rings. The van der Waals surface area contributed by atoms with E-state index in [2.05, 4.69) is 48.1 Å². The summed E-state index contributed by atoms with van der Waals surface area (Å²) in [4.78, 5) is 16.8. The summed E-state index contributed by atoms with van der Waals surface area (Å²) in [5.74, 6) is 4.85. The second-order valence-corrected chi connectivity index (χ2v) is 7.52. The number of hydrogen-bond donors (Lipinski definition) is 2. The highest BCUT2D eigenvalue weighted by Gasteiger charge is 2.21. The predicted molar refractivity (Wildman–Crippen MR) is 108 cm³/mol. The summed E-state index contributed by atoms with van der Waals surface area (Å²) < 4.78 is 14.3. The molecule has 29 heavy (non-hydrogen) atoms. The minimum atomic E-state index is -0.978. The highest BCUT2D eigenvalue weighted by Crippen LogP contribution is 2.36. The Hall–Kier alpha value is -3.38. The van der Waals surface area contributed by atoms with Crippen LogP contribution in [0.2, 0.25) is 0 Å². The van der Waals surface area contributed by atoms with E-state index in [1.165, 1.54) is 37.5 Å². The first-order chi connectivity index (χ1) is 14.1. The van der Waals surface area contributed by atoms with Gasteiger partial charge >= 0.3 is 0 Å². The van der Waals surface area contributed by atoms with Crippen LogP contribution in [0.1, 0.15) is 54.2 Å². The van der Waals surface area contributed by atoms with Crippen molar-refractivity contribution in [3.8, 4) is 11.8 Å². The molecule has 1 amide bonds. The van der Waals surface area contributed by atoms with Crippen molar-refractivity contribution in [3.05, 3.63) is 57.6 Å². The van der Waals surface area contributed by atoms with E-state index in [0.717, 1.165) is 10.7 Å². The molecule has 1 aromatic carbocycles. The fourth-order valence-corrected chi connectivity index (χ4v) is 3.56. The molecular weight excluding hydrogens is 391 g/mol. The normalized spacial score (nSPS) is 14.4. The summed E-state index contributed by atoms with van der Waals surface area (Å²) >= 11 is 1.54. The maximum Gasteiger partial charge on any atom is 0.284 e. The number of allylic oxidation sites excluding steroid dienone is 1. The molecule has 0 aliphatic heterocycles. The van der Waals surface area contributed by atoms with Crippen molar-refractivity contribution in [2.24, 2.45) is 0 Å². The van der Waals surface area contributed by atoms with E-state index in [1.54, 1.807) is 18.2 Å². The number of thiazole rings is 1. The van der Waals surface area contributed by atoms with Crippen LogP contribution >= 0.6 is 11.3 Å². The molecule has 2 heterocycles. The van der Waals surface area contributed by atoms with E-state index in [1.807, 2.05) is 6.07 Å². The van der Waals surface area contributed by atoms with Gasteiger partial charge in [0.1, 0.15) is 0 Å². The van der Waals surface area contributed by atoms with Crippen molar-refractivity contribution in [2.75, 3.05) is 5.32 Å². The smallest absolute Gasteiger partial charge is 0.284 e. The van der Waals surface area contributed by atoms with Gasteiger partial charge in [0, 0.05) is 28.1 Å². The summed E-state index contributed by atoms with van der Waals surface area (Å²) in [6.45, 7) is 1.41. The number of nitrogens with zero attached hydrogens (tertiary/aromatic N) is 4. The highest BCUT2D eigenvalue weighted by molar-refractivity contribution is 7.10. The van der Waals surface area contributed by atoms with Crippen LogP contribution in [0.5, 0.6) is 0 Å². The number of carbonyl (C=O) groups excluding carboxylic acids is 1. The molecular formula is C20H17FN6OS. The van der Waals surface area contributed by atoms with Crippen LogP contribution < -0.4 is 5.32 Å². The molecule has 0 atom stereocenters. The first-order valence-corrected chi connectivity index (χ1v) is 9.97. The van der Waals surface area contributed by atoms with Crippen LogP contribution in [0.15, 0.2) is 35.5 Å². The van der Waals surface area contributed by atoms with Crippen molar-refractivity contribution in [1.29, 1.82) is 0 Å². The standard InChI is InChI=1S/C20H17FN6OS/c1-12(19-24-26-27-25-19)18(21)20(28)22-15-7-2-4-13(10-15)8-9-17-23-16(11-29-17)14-5-3-6-14/h2,4,7,10-11,14H,3,5-6H2,1H3,(H,22,28)(H,24,25,26,27)/b18-12+. The van der Waals surface area contributed by atoms with Crippen molar-refractivity contribution < 1.29 is 9.18 Å². The van der Waals surface area contributed by atoms with E-state index in [0.29, 0.717) is 17.2 Å². The zero-order valence-electron chi connectivity index (χ0n) is 15.6. The number of carbonyl (C=O) groups is 1. The number of tetrazole rings is 1. The fraction of sp³-hybridized carbons (Fsp3) is 0.250. The van der Waals surface area contributed by atoms with Gasteiger partial charge in [0.2, 0.25) is 5.82 Å². The van der Waals surface area contributed by atoms with Crippen molar-refractivity contribution >= 4 is 28.5 Å². The number of hydrogen-bond acceptors (Lipinski definition) is 6. The molecule has 1 fully saturated rings. The van der Waals surface area contributed by atoms with Crippen molar-refractivity contribution in [2.45, 2.75) is 32.1 Å². The van der Waals surface area contributed by atoms with Crippen LogP contribution in [-0.4, -0.2) is 31.5 Å². The zero-order chi connectivity index (χ0) is 20.2. The van der Waals surface area contributed by atoms with Crippen molar-refractivity contribution in [1.82, 2.24) is 25.6 Å². The molecule has 2 aromatic heterocycles. The van der Waals surface area contributed by atoms with E-state index in [9.17, 15) is 9.18 Å². The van der Waals surface area contributed by atoms with E-state index in [4.69, 9.17) is 0 Å². The topological polar surface area (TPSA) is 96.5 Å². The molecule has 1 aliphatic carbocycles. The lowest BCUT2D eigenvalue weighted by Gasteiger charge is -2.22. The molecule has 2 N–H and O–H groups in total. The number of nitrogens with one attached hydrogen (secondary N) is 2. The molecule has 0 saturated heterocycles. The summed E-state index contributed by atoms with van der Waals surface area (Å²) in [5, 5.41) is 18.3.